The van der Waals surface area contributed by atoms with Crippen LogP contribution in [0.3, 0.4) is 0 Å². The predicted molar refractivity (Wildman–Crippen MR) is 72.9 cm³/mol. The van der Waals surface area contributed by atoms with Crippen LogP contribution >= 0.6 is 0 Å². The summed E-state index contributed by atoms with van der Waals surface area (Å²) in [4.78, 5) is 11.9. The molecule has 2 nitrogen and oxygen atoms in total. The molecule has 0 aliphatic carbocycles. The van der Waals surface area contributed by atoms with Gasteiger partial charge in [-0.15, -0.1) is 0 Å². The van der Waals surface area contributed by atoms with E-state index in [2.05, 4.69) is 0 Å². The third-order valence-corrected chi connectivity index (χ3v) is 2.85. The molecule has 2 aromatic carbocycles. The highest BCUT2D eigenvalue weighted by Gasteiger charge is 2.32. The topological polar surface area (TPSA) is 37.3 Å². The lowest BCUT2D eigenvalue weighted by Gasteiger charge is -2.09. The summed E-state index contributed by atoms with van der Waals surface area (Å²) in [6, 6.07) is 10.8. The molecule has 0 unspecified atom stereocenters. The predicted octanol–water partition coefficient (Wildman–Crippen LogP) is 4.31. The molecule has 0 heterocycles. The summed E-state index contributed by atoms with van der Waals surface area (Å²) < 4.78 is 38.4. The number of hydrogen-bond donors (Lipinski definition) is 1. The van der Waals surface area contributed by atoms with Crippen LogP contribution in [0.1, 0.15) is 21.5 Å². The quantitative estimate of drug-likeness (QED) is 0.676. The molecule has 0 aliphatic rings. The van der Waals surface area contributed by atoms with Crippen molar-refractivity contribution in [3.8, 4) is 5.75 Å². The number of ketones is 1. The molecule has 0 fully saturated rings. The van der Waals surface area contributed by atoms with E-state index in [9.17, 15) is 23.1 Å². The third-order valence-electron chi connectivity index (χ3n) is 2.85. The number of rotatable bonds is 3. The van der Waals surface area contributed by atoms with Gasteiger partial charge in [-0.3, -0.25) is 4.79 Å². The fourth-order valence-electron chi connectivity index (χ4n) is 1.84. The van der Waals surface area contributed by atoms with Gasteiger partial charge < -0.3 is 5.11 Å². The molecule has 0 bridgehead atoms. The van der Waals surface area contributed by atoms with Gasteiger partial charge in [-0.2, -0.15) is 13.2 Å². The lowest BCUT2D eigenvalue weighted by molar-refractivity contribution is -0.137. The number of allylic oxidation sites excluding steroid dienone is 1. The maximum Gasteiger partial charge on any atom is 0.416 e. The van der Waals surface area contributed by atoms with Crippen LogP contribution in [0.25, 0.3) is 6.08 Å². The average molecular weight is 292 g/mol. The lowest BCUT2D eigenvalue weighted by atomic mass is 10.0. The van der Waals surface area contributed by atoms with Crippen molar-refractivity contribution in [3.05, 3.63) is 71.3 Å². The van der Waals surface area contributed by atoms with Gasteiger partial charge in [0.2, 0.25) is 0 Å². The van der Waals surface area contributed by atoms with E-state index in [0.717, 1.165) is 18.2 Å². The Labute approximate surface area is 119 Å². The van der Waals surface area contributed by atoms with Crippen molar-refractivity contribution >= 4 is 11.9 Å². The molecule has 5 heteroatoms. The number of carbonyl (C=O) groups excluding carboxylic acids is 1. The van der Waals surface area contributed by atoms with Crippen molar-refractivity contribution in [2.75, 3.05) is 0 Å². The summed E-state index contributed by atoms with van der Waals surface area (Å²) in [6.07, 6.45) is -2.38. The van der Waals surface area contributed by atoms with E-state index in [1.807, 2.05) is 0 Å². The normalized spacial score (nSPS) is 11.8. The molecule has 0 aliphatic heterocycles. The van der Waals surface area contributed by atoms with Crippen LogP contribution in [-0.2, 0) is 6.18 Å². The molecular formula is C16H11F3O2. The molecule has 0 aromatic heterocycles. The number of halogens is 3. The zero-order chi connectivity index (χ0) is 15.5. The Balaban J connectivity index is 2.31. The molecule has 0 atom stereocenters. The molecule has 0 saturated carbocycles. The van der Waals surface area contributed by atoms with Crippen molar-refractivity contribution in [2.45, 2.75) is 6.18 Å². The monoisotopic (exact) mass is 292 g/mol. The number of para-hydroxylation sites is 1. The molecule has 0 radical (unpaired) electrons. The van der Waals surface area contributed by atoms with E-state index in [1.54, 1.807) is 12.1 Å². The van der Waals surface area contributed by atoms with Gasteiger partial charge in [-0.05, 0) is 29.8 Å². The van der Waals surface area contributed by atoms with E-state index in [0.29, 0.717) is 0 Å². The highest BCUT2D eigenvalue weighted by Crippen LogP contribution is 2.32. The zero-order valence-electron chi connectivity index (χ0n) is 10.8. The zero-order valence-corrected chi connectivity index (χ0v) is 10.8. The van der Waals surface area contributed by atoms with E-state index < -0.39 is 17.5 Å². The van der Waals surface area contributed by atoms with E-state index in [4.69, 9.17) is 0 Å². The standard InChI is InChI=1S/C16H11F3O2/c17-16(18,19)13-7-3-1-5-11(13)9-10-15(21)12-6-2-4-8-14(12)20/h1-10,20H/b10-9+. The third kappa shape index (κ3) is 3.51. The van der Waals surface area contributed by atoms with Gasteiger partial charge in [0.05, 0.1) is 11.1 Å². The first-order valence-corrected chi connectivity index (χ1v) is 6.06. The molecule has 0 amide bonds. The highest BCUT2D eigenvalue weighted by molar-refractivity contribution is 6.08. The Morgan fingerprint density at radius 1 is 1.00 bits per heavy atom. The Morgan fingerprint density at radius 2 is 1.62 bits per heavy atom. The van der Waals surface area contributed by atoms with Crippen LogP contribution in [0.5, 0.6) is 5.75 Å². The number of aromatic hydroxyl groups is 1. The maximum absolute atomic E-state index is 12.8. The minimum Gasteiger partial charge on any atom is -0.507 e. The summed E-state index contributed by atoms with van der Waals surface area (Å²) in [5, 5.41) is 9.53. The van der Waals surface area contributed by atoms with Crippen molar-refractivity contribution in [2.24, 2.45) is 0 Å². The first kappa shape index (κ1) is 14.8. The van der Waals surface area contributed by atoms with Crippen LogP contribution in [0.4, 0.5) is 13.2 Å². The number of phenols is 1. The van der Waals surface area contributed by atoms with Crippen LogP contribution in [-0.4, -0.2) is 10.9 Å². The Hall–Kier alpha value is -2.56. The number of benzene rings is 2. The molecule has 0 spiro atoms. The summed E-state index contributed by atoms with van der Waals surface area (Å²) in [5.74, 6) is -0.777. The first-order chi connectivity index (χ1) is 9.89. The lowest BCUT2D eigenvalue weighted by Crippen LogP contribution is -2.07. The molecule has 2 aromatic rings. The van der Waals surface area contributed by atoms with Crippen molar-refractivity contribution in [1.29, 1.82) is 0 Å². The summed E-state index contributed by atoms with van der Waals surface area (Å²) in [5.41, 5.74) is -0.877. The summed E-state index contributed by atoms with van der Waals surface area (Å²) in [6.45, 7) is 0. The highest BCUT2D eigenvalue weighted by atomic mass is 19.4. The Bertz CT molecular complexity index is 688. The molecule has 0 saturated heterocycles. The molecule has 1 N–H and O–H groups in total. The van der Waals surface area contributed by atoms with Gasteiger partial charge in [-0.25, -0.2) is 0 Å². The summed E-state index contributed by atoms with van der Waals surface area (Å²) >= 11 is 0. The van der Waals surface area contributed by atoms with Gasteiger partial charge in [0, 0.05) is 0 Å². The van der Waals surface area contributed by atoms with Gasteiger partial charge in [0.25, 0.3) is 0 Å². The number of carbonyl (C=O) groups is 1. The number of phenolic OH excluding ortho intramolecular Hbond substituents is 1. The second-order valence-corrected chi connectivity index (χ2v) is 4.30. The fourth-order valence-corrected chi connectivity index (χ4v) is 1.84. The first-order valence-electron chi connectivity index (χ1n) is 6.06. The van der Waals surface area contributed by atoms with Crippen LogP contribution < -0.4 is 0 Å². The van der Waals surface area contributed by atoms with Gasteiger partial charge in [0.1, 0.15) is 5.75 Å². The molecule has 21 heavy (non-hydrogen) atoms. The SMILES string of the molecule is O=C(/C=C/c1ccccc1C(F)(F)F)c1ccccc1O. The van der Waals surface area contributed by atoms with E-state index in [-0.39, 0.29) is 16.9 Å². The van der Waals surface area contributed by atoms with E-state index >= 15 is 0 Å². The minimum absolute atomic E-state index is 0.0400. The van der Waals surface area contributed by atoms with Crippen LogP contribution in [0.2, 0.25) is 0 Å². The van der Waals surface area contributed by atoms with Crippen molar-refractivity contribution in [1.82, 2.24) is 0 Å². The second kappa shape index (κ2) is 5.83. The maximum atomic E-state index is 12.8. The number of alkyl halides is 3. The molecular weight excluding hydrogens is 281 g/mol. The van der Waals surface area contributed by atoms with E-state index in [1.165, 1.54) is 30.3 Å². The molecule has 108 valence electrons. The Morgan fingerprint density at radius 3 is 2.29 bits per heavy atom. The van der Waals surface area contributed by atoms with Crippen LogP contribution in [0.15, 0.2) is 54.6 Å². The van der Waals surface area contributed by atoms with Crippen molar-refractivity contribution < 1.29 is 23.1 Å². The smallest absolute Gasteiger partial charge is 0.416 e. The minimum atomic E-state index is -4.49. The second-order valence-electron chi connectivity index (χ2n) is 4.30. The van der Waals surface area contributed by atoms with Gasteiger partial charge in [-0.1, -0.05) is 36.4 Å². The van der Waals surface area contributed by atoms with Gasteiger partial charge >= 0.3 is 6.18 Å². The number of hydrogen-bond acceptors (Lipinski definition) is 2. The van der Waals surface area contributed by atoms with Gasteiger partial charge in [0.15, 0.2) is 5.78 Å². The fraction of sp³-hybridized carbons (Fsp3) is 0.0625. The summed E-state index contributed by atoms with van der Waals surface area (Å²) in [7, 11) is 0. The molecule has 2 rings (SSSR count). The average Bonchev–Trinajstić information content (AvgIpc) is 2.44. The van der Waals surface area contributed by atoms with Crippen molar-refractivity contribution in [3.63, 3.8) is 0 Å². The van der Waals surface area contributed by atoms with Crippen LogP contribution in [0, 0.1) is 0 Å². The largest absolute Gasteiger partial charge is 0.507 e. The Kier molecular flexibility index (Phi) is 4.12.